The summed E-state index contributed by atoms with van der Waals surface area (Å²) in [5.74, 6) is 0.551. The van der Waals surface area contributed by atoms with Gasteiger partial charge in [0.15, 0.2) is 0 Å². The smallest absolute Gasteiger partial charge is 0.254 e. The number of ether oxygens (including phenoxy) is 1. The van der Waals surface area contributed by atoms with E-state index in [9.17, 15) is 9.59 Å². The molecule has 2 saturated heterocycles. The van der Waals surface area contributed by atoms with Crippen molar-refractivity contribution in [2.45, 2.75) is 51.5 Å². The van der Waals surface area contributed by atoms with E-state index in [1.807, 2.05) is 11.0 Å². The van der Waals surface area contributed by atoms with Crippen LogP contribution in [0.15, 0.2) is 16.9 Å². The average Bonchev–Trinajstić information content (AvgIpc) is 3.04. The number of pyridine rings is 1. The van der Waals surface area contributed by atoms with Crippen LogP contribution in [0, 0.1) is 5.92 Å². The maximum Gasteiger partial charge on any atom is 0.254 e. The third-order valence-corrected chi connectivity index (χ3v) is 5.04. The van der Waals surface area contributed by atoms with Crippen LogP contribution < -0.4 is 5.56 Å². The van der Waals surface area contributed by atoms with Gasteiger partial charge >= 0.3 is 0 Å². The van der Waals surface area contributed by atoms with Crippen molar-refractivity contribution in [1.29, 1.82) is 0 Å². The number of rotatable bonds is 4. The van der Waals surface area contributed by atoms with Crippen LogP contribution in [0.25, 0.3) is 0 Å². The van der Waals surface area contributed by atoms with Gasteiger partial charge in [-0.15, -0.1) is 0 Å². The van der Waals surface area contributed by atoms with E-state index in [1.54, 1.807) is 0 Å². The number of carbonyl (C=O) groups is 1. The van der Waals surface area contributed by atoms with Crippen molar-refractivity contribution in [2.75, 3.05) is 19.8 Å². The molecule has 0 bridgehead atoms. The number of hydrogen-bond acceptors (Lipinski definition) is 3. The maximum atomic E-state index is 13.0. The highest BCUT2D eigenvalue weighted by molar-refractivity contribution is 5.94. The van der Waals surface area contributed by atoms with Gasteiger partial charge in [-0.2, -0.15) is 0 Å². The van der Waals surface area contributed by atoms with Gasteiger partial charge in [0.2, 0.25) is 5.56 Å². The summed E-state index contributed by atoms with van der Waals surface area (Å²) in [5.41, 5.74) is 1.21. The zero-order valence-corrected chi connectivity index (χ0v) is 13.8. The fourth-order valence-corrected chi connectivity index (χ4v) is 3.93. The number of aromatic amines is 1. The van der Waals surface area contributed by atoms with E-state index < -0.39 is 0 Å². The highest BCUT2D eigenvalue weighted by Gasteiger charge is 2.35. The Labute approximate surface area is 137 Å². The fraction of sp³-hybridized carbons (Fsp3) is 0.667. The number of likely N-dealkylation sites (tertiary alicyclic amines) is 1. The molecule has 2 aliphatic rings. The van der Waals surface area contributed by atoms with Crippen LogP contribution in [-0.4, -0.2) is 41.6 Å². The molecule has 1 atom stereocenters. The molecule has 1 aromatic rings. The van der Waals surface area contributed by atoms with Gasteiger partial charge in [-0.05, 0) is 44.1 Å². The Morgan fingerprint density at radius 2 is 2.09 bits per heavy atom. The molecule has 3 rings (SSSR count). The minimum atomic E-state index is -0.180. The summed E-state index contributed by atoms with van der Waals surface area (Å²) in [5, 5.41) is 0. The van der Waals surface area contributed by atoms with Crippen LogP contribution in [0.3, 0.4) is 0 Å². The molecule has 1 unspecified atom stereocenters. The van der Waals surface area contributed by atoms with Crippen LogP contribution in [-0.2, 0) is 11.2 Å². The molecule has 0 saturated carbocycles. The van der Waals surface area contributed by atoms with Crippen molar-refractivity contribution in [3.63, 3.8) is 0 Å². The lowest BCUT2D eigenvalue weighted by Gasteiger charge is -2.34. The fourth-order valence-electron chi connectivity index (χ4n) is 3.93. The molecule has 126 valence electrons. The van der Waals surface area contributed by atoms with Crippen molar-refractivity contribution in [3.05, 3.63) is 33.7 Å². The first-order valence-electron chi connectivity index (χ1n) is 8.81. The van der Waals surface area contributed by atoms with Crippen molar-refractivity contribution in [2.24, 2.45) is 5.92 Å². The number of aromatic nitrogens is 1. The van der Waals surface area contributed by atoms with Gasteiger partial charge < -0.3 is 14.6 Å². The largest absolute Gasteiger partial charge is 0.381 e. The van der Waals surface area contributed by atoms with Crippen LogP contribution in [0.4, 0.5) is 0 Å². The lowest BCUT2D eigenvalue weighted by Crippen LogP contribution is -2.42. The molecule has 0 aromatic carbocycles. The zero-order chi connectivity index (χ0) is 16.2. The van der Waals surface area contributed by atoms with Crippen molar-refractivity contribution in [1.82, 2.24) is 9.88 Å². The molecule has 5 nitrogen and oxygen atoms in total. The second-order valence-electron chi connectivity index (χ2n) is 6.67. The third kappa shape index (κ3) is 3.66. The van der Waals surface area contributed by atoms with E-state index in [0.717, 1.165) is 64.0 Å². The van der Waals surface area contributed by atoms with Crippen molar-refractivity contribution >= 4 is 5.91 Å². The Kier molecular flexibility index (Phi) is 5.16. The second kappa shape index (κ2) is 7.30. The molecule has 0 radical (unpaired) electrons. The first-order valence-corrected chi connectivity index (χ1v) is 8.81. The Morgan fingerprint density at radius 1 is 1.30 bits per heavy atom. The van der Waals surface area contributed by atoms with Gasteiger partial charge in [-0.1, -0.05) is 13.3 Å². The Balaban J connectivity index is 1.79. The van der Waals surface area contributed by atoms with Crippen molar-refractivity contribution < 1.29 is 9.53 Å². The Hall–Kier alpha value is -1.62. The second-order valence-corrected chi connectivity index (χ2v) is 6.67. The number of hydrogen-bond donors (Lipinski definition) is 1. The minimum Gasteiger partial charge on any atom is -0.381 e. The average molecular weight is 318 g/mol. The molecule has 1 aromatic heterocycles. The van der Waals surface area contributed by atoms with Crippen LogP contribution in [0.2, 0.25) is 0 Å². The summed E-state index contributed by atoms with van der Waals surface area (Å²) < 4.78 is 5.45. The summed E-state index contributed by atoms with van der Waals surface area (Å²) in [4.78, 5) is 29.6. The number of amides is 1. The number of H-pyrrole nitrogens is 1. The van der Waals surface area contributed by atoms with E-state index in [0.29, 0.717) is 17.5 Å². The Bertz CT molecular complexity index is 605. The lowest BCUT2D eigenvalue weighted by molar-refractivity contribution is 0.0322. The highest BCUT2D eigenvalue weighted by atomic mass is 16.5. The van der Waals surface area contributed by atoms with E-state index >= 15 is 0 Å². The van der Waals surface area contributed by atoms with Crippen LogP contribution >= 0.6 is 0 Å². The predicted octanol–water partition coefficient (Wildman–Crippen LogP) is 2.36. The summed E-state index contributed by atoms with van der Waals surface area (Å²) in [6, 6.07) is 3.60. The number of carbonyl (C=O) groups excluding carboxylic acids is 1. The van der Waals surface area contributed by atoms with E-state index in [2.05, 4.69) is 11.9 Å². The molecule has 2 aliphatic heterocycles. The first-order chi connectivity index (χ1) is 11.2. The SMILES string of the molecule is CCCc1cc(C(=O)N2CCCC2C2CCOCC2)cc(=O)[nH]1. The van der Waals surface area contributed by atoms with E-state index in [4.69, 9.17) is 4.74 Å². The number of nitrogens with one attached hydrogen (secondary N) is 1. The van der Waals surface area contributed by atoms with Gasteiger partial charge in [0, 0.05) is 43.1 Å². The maximum absolute atomic E-state index is 13.0. The van der Waals surface area contributed by atoms with E-state index in [1.165, 1.54) is 6.07 Å². The molecule has 1 N–H and O–H groups in total. The first kappa shape index (κ1) is 16.2. The lowest BCUT2D eigenvalue weighted by atomic mass is 9.90. The van der Waals surface area contributed by atoms with Crippen molar-refractivity contribution in [3.8, 4) is 0 Å². The normalized spacial score (nSPS) is 22.5. The third-order valence-electron chi connectivity index (χ3n) is 5.04. The molecule has 5 heteroatoms. The zero-order valence-electron chi connectivity index (χ0n) is 13.8. The van der Waals surface area contributed by atoms with Crippen LogP contribution in [0.1, 0.15) is 55.1 Å². The summed E-state index contributed by atoms with van der Waals surface area (Å²) in [6.45, 7) is 4.47. The summed E-state index contributed by atoms with van der Waals surface area (Å²) in [6.07, 6.45) is 5.93. The van der Waals surface area contributed by atoms with Gasteiger partial charge in [-0.25, -0.2) is 0 Å². The quantitative estimate of drug-likeness (QED) is 0.927. The topological polar surface area (TPSA) is 62.4 Å². The van der Waals surface area contributed by atoms with Gasteiger partial charge in [-0.3, -0.25) is 9.59 Å². The molecule has 2 fully saturated rings. The van der Waals surface area contributed by atoms with Gasteiger partial charge in [0.1, 0.15) is 0 Å². The summed E-state index contributed by atoms with van der Waals surface area (Å²) in [7, 11) is 0. The minimum absolute atomic E-state index is 0.0162. The number of aryl methyl sites for hydroxylation is 1. The summed E-state index contributed by atoms with van der Waals surface area (Å²) >= 11 is 0. The molecular weight excluding hydrogens is 292 g/mol. The number of nitrogens with zero attached hydrogens (tertiary/aromatic N) is 1. The molecule has 23 heavy (non-hydrogen) atoms. The standard InChI is InChI=1S/C18H26N2O3/c1-2-4-15-11-14(12-17(21)19-15)18(22)20-8-3-5-16(20)13-6-9-23-10-7-13/h11-13,16H,2-10H2,1H3,(H,19,21). The van der Waals surface area contributed by atoms with Gasteiger partial charge in [0.25, 0.3) is 5.91 Å². The van der Waals surface area contributed by atoms with E-state index in [-0.39, 0.29) is 11.5 Å². The molecular formula is C18H26N2O3. The Morgan fingerprint density at radius 3 is 2.83 bits per heavy atom. The highest BCUT2D eigenvalue weighted by Crippen LogP contribution is 2.31. The van der Waals surface area contributed by atoms with Crippen LogP contribution in [0.5, 0.6) is 0 Å². The van der Waals surface area contributed by atoms with Gasteiger partial charge in [0.05, 0.1) is 0 Å². The molecule has 3 heterocycles. The molecule has 0 aliphatic carbocycles. The predicted molar refractivity (Wildman–Crippen MR) is 88.7 cm³/mol. The monoisotopic (exact) mass is 318 g/mol. The molecule has 0 spiro atoms. The molecule has 1 amide bonds.